The lowest BCUT2D eigenvalue weighted by molar-refractivity contribution is -0.385. The zero-order chi connectivity index (χ0) is 12.3. The van der Waals surface area contributed by atoms with Crippen LogP contribution >= 0.6 is 27.5 Å². The van der Waals surface area contributed by atoms with Gasteiger partial charge in [0.25, 0.3) is 0 Å². The highest BCUT2D eigenvalue weighted by molar-refractivity contribution is 9.10. The Morgan fingerprint density at radius 3 is 2.75 bits per heavy atom. The minimum Gasteiger partial charge on any atom is -0.479 e. The maximum absolute atomic E-state index is 10.7. The Hall–Kier alpha value is -1.34. The van der Waals surface area contributed by atoms with Crippen LogP contribution < -0.4 is 4.74 Å². The number of rotatable bonds is 4. The van der Waals surface area contributed by atoms with Gasteiger partial charge in [-0.3, -0.25) is 10.1 Å². The fourth-order valence-electron chi connectivity index (χ4n) is 0.959. The molecule has 0 spiro atoms. The van der Waals surface area contributed by atoms with E-state index in [-0.39, 0.29) is 16.5 Å². The number of nitrogens with zero attached hydrogens (tertiary/aromatic N) is 1. The topological polar surface area (TPSA) is 89.7 Å². The summed E-state index contributed by atoms with van der Waals surface area (Å²) in [6.45, 7) is -0.692. The van der Waals surface area contributed by atoms with Crippen LogP contribution in [0, 0.1) is 10.1 Å². The van der Waals surface area contributed by atoms with Crippen LogP contribution in [0.15, 0.2) is 16.6 Å². The fourth-order valence-corrected chi connectivity index (χ4v) is 1.81. The Kier molecular flexibility index (Phi) is 4.08. The maximum Gasteiger partial charge on any atom is 0.341 e. The first-order chi connectivity index (χ1) is 7.41. The molecule has 0 atom stereocenters. The summed E-state index contributed by atoms with van der Waals surface area (Å²) in [7, 11) is 0. The molecule has 0 aliphatic carbocycles. The number of hydrogen-bond donors (Lipinski definition) is 1. The lowest BCUT2D eigenvalue weighted by atomic mass is 10.3. The molecule has 1 aromatic carbocycles. The summed E-state index contributed by atoms with van der Waals surface area (Å²) in [6.07, 6.45) is 0. The lowest BCUT2D eigenvalue weighted by Gasteiger charge is -2.06. The largest absolute Gasteiger partial charge is 0.479 e. The first kappa shape index (κ1) is 12.7. The van der Waals surface area contributed by atoms with Crippen molar-refractivity contribution in [3.8, 4) is 5.75 Å². The van der Waals surface area contributed by atoms with Gasteiger partial charge in [0.15, 0.2) is 6.61 Å². The van der Waals surface area contributed by atoms with Gasteiger partial charge in [0, 0.05) is 10.5 Å². The minimum atomic E-state index is -1.24. The monoisotopic (exact) mass is 309 g/mol. The van der Waals surface area contributed by atoms with Gasteiger partial charge in [-0.15, -0.1) is 0 Å². The van der Waals surface area contributed by atoms with E-state index in [1.165, 1.54) is 12.1 Å². The summed E-state index contributed by atoms with van der Waals surface area (Å²) in [4.78, 5) is 20.3. The molecule has 1 N–H and O–H groups in total. The lowest BCUT2D eigenvalue weighted by Crippen LogP contribution is -2.10. The van der Waals surface area contributed by atoms with E-state index in [1.807, 2.05) is 0 Å². The number of halogens is 2. The quantitative estimate of drug-likeness (QED) is 0.681. The second-order valence-corrected chi connectivity index (χ2v) is 4.00. The Bertz CT molecular complexity index is 450. The van der Waals surface area contributed by atoms with Gasteiger partial charge in [0.2, 0.25) is 5.75 Å². The summed E-state index contributed by atoms with van der Waals surface area (Å²) in [6, 6.07) is 2.56. The first-order valence-corrected chi connectivity index (χ1v) is 5.07. The Morgan fingerprint density at radius 2 is 2.25 bits per heavy atom. The molecular weight excluding hydrogens is 305 g/mol. The van der Waals surface area contributed by atoms with Crippen LogP contribution in [0.3, 0.4) is 0 Å². The third-order valence-electron chi connectivity index (χ3n) is 1.53. The Balaban J connectivity index is 3.14. The van der Waals surface area contributed by atoms with Crippen molar-refractivity contribution in [1.29, 1.82) is 0 Å². The SMILES string of the molecule is O=C(O)COc1c(Cl)cc(Br)cc1[N+](=O)[O-]. The van der Waals surface area contributed by atoms with Gasteiger partial charge in [0.1, 0.15) is 0 Å². The van der Waals surface area contributed by atoms with Crippen molar-refractivity contribution in [2.24, 2.45) is 0 Å². The van der Waals surface area contributed by atoms with Gasteiger partial charge < -0.3 is 9.84 Å². The molecular formula is C8H5BrClNO5. The van der Waals surface area contributed by atoms with Crippen molar-refractivity contribution >= 4 is 39.2 Å². The number of carboxylic acids is 1. The third-order valence-corrected chi connectivity index (χ3v) is 2.26. The van der Waals surface area contributed by atoms with Crippen molar-refractivity contribution < 1.29 is 19.6 Å². The molecule has 0 bridgehead atoms. The minimum absolute atomic E-state index is 0.0256. The molecule has 0 heterocycles. The van der Waals surface area contributed by atoms with E-state index in [9.17, 15) is 14.9 Å². The van der Waals surface area contributed by atoms with E-state index in [4.69, 9.17) is 21.4 Å². The maximum atomic E-state index is 10.7. The van der Waals surface area contributed by atoms with Gasteiger partial charge in [-0.05, 0) is 6.07 Å². The fraction of sp³-hybridized carbons (Fsp3) is 0.125. The molecule has 0 radical (unpaired) electrons. The van der Waals surface area contributed by atoms with Gasteiger partial charge >= 0.3 is 11.7 Å². The highest BCUT2D eigenvalue weighted by atomic mass is 79.9. The van der Waals surface area contributed by atoms with Crippen molar-refractivity contribution in [2.75, 3.05) is 6.61 Å². The van der Waals surface area contributed by atoms with Gasteiger partial charge in [-0.25, -0.2) is 4.79 Å². The number of carbonyl (C=O) groups is 1. The number of hydrogen-bond acceptors (Lipinski definition) is 4. The van der Waals surface area contributed by atoms with Crippen LogP contribution in [-0.4, -0.2) is 22.6 Å². The summed E-state index contributed by atoms with van der Waals surface area (Å²) in [5.74, 6) is -1.49. The van der Waals surface area contributed by atoms with E-state index in [0.29, 0.717) is 4.47 Å². The molecule has 0 amide bonds. The molecule has 8 heteroatoms. The van der Waals surface area contributed by atoms with Crippen LogP contribution in [0.2, 0.25) is 5.02 Å². The normalized spacial score (nSPS) is 9.88. The number of ether oxygens (including phenoxy) is 1. The van der Waals surface area contributed by atoms with Gasteiger partial charge in [0.05, 0.1) is 9.95 Å². The first-order valence-electron chi connectivity index (χ1n) is 3.90. The average molecular weight is 310 g/mol. The number of nitro benzene ring substituents is 1. The zero-order valence-electron chi connectivity index (χ0n) is 7.65. The Labute approximate surface area is 103 Å². The molecule has 0 saturated carbocycles. The van der Waals surface area contributed by atoms with Gasteiger partial charge in [-0.2, -0.15) is 0 Å². The molecule has 1 aromatic rings. The summed E-state index contributed by atoms with van der Waals surface area (Å²) < 4.78 is 5.16. The molecule has 16 heavy (non-hydrogen) atoms. The van der Waals surface area contributed by atoms with Crippen molar-refractivity contribution in [1.82, 2.24) is 0 Å². The third kappa shape index (κ3) is 3.07. The second-order valence-electron chi connectivity index (χ2n) is 2.68. The van der Waals surface area contributed by atoms with Crippen LogP contribution in [0.4, 0.5) is 5.69 Å². The van der Waals surface area contributed by atoms with E-state index in [0.717, 1.165) is 0 Å². The number of aliphatic carboxylic acids is 1. The van der Waals surface area contributed by atoms with Crippen LogP contribution in [0.1, 0.15) is 0 Å². The van der Waals surface area contributed by atoms with Crippen molar-refractivity contribution in [2.45, 2.75) is 0 Å². The van der Waals surface area contributed by atoms with Gasteiger partial charge in [-0.1, -0.05) is 27.5 Å². The molecule has 0 aromatic heterocycles. The van der Waals surface area contributed by atoms with Crippen LogP contribution in [0.5, 0.6) is 5.75 Å². The predicted octanol–water partition coefficient (Wildman–Crippen LogP) is 2.47. The molecule has 86 valence electrons. The summed E-state index contributed by atoms with van der Waals surface area (Å²) in [5, 5.41) is 19.0. The second kappa shape index (κ2) is 5.13. The molecule has 0 fully saturated rings. The smallest absolute Gasteiger partial charge is 0.341 e. The number of nitro groups is 1. The zero-order valence-corrected chi connectivity index (χ0v) is 9.99. The standard InChI is InChI=1S/C8H5BrClNO5/c9-4-1-5(10)8(16-3-7(12)13)6(2-4)11(14)15/h1-2H,3H2,(H,12,13). The molecule has 0 saturated heterocycles. The van der Waals surface area contributed by atoms with E-state index < -0.39 is 17.5 Å². The highest BCUT2D eigenvalue weighted by Gasteiger charge is 2.20. The number of benzene rings is 1. The van der Waals surface area contributed by atoms with E-state index in [2.05, 4.69) is 15.9 Å². The molecule has 0 aliphatic rings. The van der Waals surface area contributed by atoms with Crippen LogP contribution in [0.25, 0.3) is 0 Å². The molecule has 1 rings (SSSR count). The van der Waals surface area contributed by atoms with Crippen molar-refractivity contribution in [3.63, 3.8) is 0 Å². The molecule has 0 aliphatic heterocycles. The predicted molar refractivity (Wildman–Crippen MR) is 58.9 cm³/mol. The molecule has 6 nitrogen and oxygen atoms in total. The van der Waals surface area contributed by atoms with Crippen LogP contribution in [-0.2, 0) is 4.79 Å². The molecule has 0 unspecified atom stereocenters. The summed E-state index contributed by atoms with van der Waals surface area (Å²) >= 11 is 8.74. The number of carboxylic acid groups (broad SMARTS) is 1. The van der Waals surface area contributed by atoms with Crippen molar-refractivity contribution in [3.05, 3.63) is 31.7 Å². The van der Waals surface area contributed by atoms with E-state index >= 15 is 0 Å². The summed E-state index contributed by atoms with van der Waals surface area (Å²) in [5.41, 5.74) is -0.388. The highest BCUT2D eigenvalue weighted by Crippen LogP contribution is 2.37. The average Bonchev–Trinajstić information content (AvgIpc) is 2.14. The van der Waals surface area contributed by atoms with E-state index in [1.54, 1.807) is 0 Å². The Morgan fingerprint density at radius 1 is 1.62 bits per heavy atom.